The number of aromatic nitrogens is 7. The third-order valence-electron chi connectivity index (χ3n) is 5.84. The number of rotatable bonds is 5. The predicted molar refractivity (Wildman–Crippen MR) is 117 cm³/mol. The lowest BCUT2D eigenvalue weighted by Gasteiger charge is -2.23. The van der Waals surface area contributed by atoms with Gasteiger partial charge in [-0.15, -0.1) is 5.10 Å². The molecule has 1 N–H and O–H groups in total. The Morgan fingerprint density at radius 1 is 1.29 bits per heavy atom. The van der Waals surface area contributed by atoms with Crippen LogP contribution in [-0.2, 0) is 7.05 Å². The van der Waals surface area contributed by atoms with Gasteiger partial charge in [0.05, 0.1) is 23.0 Å². The molecule has 0 radical (unpaired) electrons. The average Bonchev–Trinajstić information content (AvgIpc) is 3.47. The molecule has 1 saturated heterocycles. The molecular formula is C21H25ClN8O. The number of hydrogen-bond donors (Lipinski definition) is 1. The summed E-state index contributed by atoms with van der Waals surface area (Å²) in [7, 11) is 1.89. The Labute approximate surface area is 184 Å². The van der Waals surface area contributed by atoms with Gasteiger partial charge in [0.1, 0.15) is 28.8 Å². The van der Waals surface area contributed by atoms with Crippen molar-refractivity contribution in [2.24, 2.45) is 7.05 Å². The SMILES string of the molecule is Cc1c(-c2cc(O[C@H](C)c3ccn(C)n3)c3c(Cl)cnn3c2)nnn1C1CCNCC1. The normalized spacial score (nSPS) is 16.1. The molecule has 0 saturated carbocycles. The van der Waals surface area contributed by atoms with Gasteiger partial charge in [0.15, 0.2) is 0 Å². The van der Waals surface area contributed by atoms with Gasteiger partial charge >= 0.3 is 0 Å². The molecule has 9 nitrogen and oxygen atoms in total. The molecule has 1 fully saturated rings. The molecule has 0 spiro atoms. The van der Waals surface area contributed by atoms with Crippen molar-refractivity contribution < 1.29 is 4.74 Å². The second kappa shape index (κ2) is 7.97. The van der Waals surface area contributed by atoms with Crippen LogP contribution in [0.2, 0.25) is 5.02 Å². The van der Waals surface area contributed by atoms with Crippen molar-refractivity contribution in [3.05, 3.63) is 47.1 Å². The lowest BCUT2D eigenvalue weighted by Crippen LogP contribution is -2.30. The van der Waals surface area contributed by atoms with Gasteiger partial charge in [-0.05, 0) is 51.9 Å². The standard InChI is InChI=1S/C21H25ClN8O/c1-13-20(25-27-30(13)16-4-7-23-8-5-16)15-10-19(21-17(22)11-24-29(21)12-15)31-14(2)18-6-9-28(3)26-18/h6,9-12,14,16,23H,4-5,7-8H2,1-3H3/t14-/m1/s1. The minimum absolute atomic E-state index is 0.252. The highest BCUT2D eigenvalue weighted by molar-refractivity contribution is 6.34. The zero-order valence-corrected chi connectivity index (χ0v) is 18.5. The minimum atomic E-state index is -0.252. The molecule has 0 bridgehead atoms. The van der Waals surface area contributed by atoms with Crippen LogP contribution in [-0.4, -0.2) is 47.5 Å². The van der Waals surface area contributed by atoms with E-state index in [2.05, 4.69) is 32.7 Å². The van der Waals surface area contributed by atoms with Crippen LogP contribution in [0, 0.1) is 6.92 Å². The molecule has 5 rings (SSSR count). The lowest BCUT2D eigenvalue weighted by atomic mass is 10.1. The maximum Gasteiger partial charge on any atom is 0.148 e. The number of hydrogen-bond acceptors (Lipinski definition) is 6. The number of pyridine rings is 1. The molecular weight excluding hydrogens is 416 g/mol. The van der Waals surface area contributed by atoms with Crippen molar-refractivity contribution in [2.75, 3.05) is 13.1 Å². The van der Waals surface area contributed by atoms with E-state index in [-0.39, 0.29) is 6.10 Å². The number of ether oxygens (including phenoxy) is 1. The van der Waals surface area contributed by atoms with Crippen molar-refractivity contribution in [3.8, 4) is 17.0 Å². The quantitative estimate of drug-likeness (QED) is 0.512. The topological polar surface area (TPSA) is 87.1 Å². The van der Waals surface area contributed by atoms with Gasteiger partial charge in [-0.3, -0.25) is 4.68 Å². The molecule has 5 heterocycles. The Bertz CT molecular complexity index is 1220. The van der Waals surface area contributed by atoms with Gasteiger partial charge in [-0.1, -0.05) is 16.8 Å². The fourth-order valence-electron chi connectivity index (χ4n) is 4.17. The molecule has 31 heavy (non-hydrogen) atoms. The Morgan fingerprint density at radius 3 is 2.84 bits per heavy atom. The van der Waals surface area contributed by atoms with E-state index in [1.165, 1.54) is 0 Å². The number of nitrogens with zero attached hydrogens (tertiary/aromatic N) is 7. The number of aryl methyl sites for hydroxylation is 1. The first-order chi connectivity index (χ1) is 15.0. The third kappa shape index (κ3) is 3.68. The van der Waals surface area contributed by atoms with Crippen molar-refractivity contribution in [1.29, 1.82) is 0 Å². The summed E-state index contributed by atoms with van der Waals surface area (Å²) in [5.41, 5.74) is 4.30. The van der Waals surface area contributed by atoms with Crippen molar-refractivity contribution in [3.63, 3.8) is 0 Å². The van der Waals surface area contributed by atoms with Gasteiger partial charge in [-0.25, -0.2) is 9.20 Å². The van der Waals surface area contributed by atoms with Gasteiger partial charge in [0.25, 0.3) is 0 Å². The molecule has 1 aliphatic rings. The summed E-state index contributed by atoms with van der Waals surface area (Å²) in [6.07, 6.45) is 7.29. The first-order valence-corrected chi connectivity index (χ1v) is 10.8. The van der Waals surface area contributed by atoms with E-state index in [0.717, 1.165) is 54.1 Å². The van der Waals surface area contributed by atoms with Crippen LogP contribution >= 0.6 is 11.6 Å². The molecule has 1 aliphatic heterocycles. The van der Waals surface area contributed by atoms with Gasteiger partial charge in [0, 0.05) is 25.0 Å². The van der Waals surface area contributed by atoms with Gasteiger partial charge in [0.2, 0.25) is 0 Å². The van der Waals surface area contributed by atoms with Crippen molar-refractivity contribution in [2.45, 2.75) is 38.8 Å². The molecule has 10 heteroatoms. The summed E-state index contributed by atoms with van der Waals surface area (Å²) in [6, 6.07) is 4.27. The maximum absolute atomic E-state index is 6.43. The summed E-state index contributed by atoms with van der Waals surface area (Å²) in [4.78, 5) is 0. The molecule has 4 aromatic heterocycles. The highest BCUT2D eigenvalue weighted by Gasteiger charge is 2.23. The third-order valence-corrected chi connectivity index (χ3v) is 6.12. The zero-order valence-electron chi connectivity index (χ0n) is 17.8. The number of nitrogens with one attached hydrogen (secondary N) is 1. The lowest BCUT2D eigenvalue weighted by molar-refractivity contribution is 0.223. The van der Waals surface area contributed by atoms with Crippen LogP contribution in [0.1, 0.15) is 43.3 Å². The summed E-state index contributed by atoms with van der Waals surface area (Å²) in [5.74, 6) is 0.633. The van der Waals surface area contributed by atoms with E-state index in [0.29, 0.717) is 16.8 Å². The zero-order chi connectivity index (χ0) is 21.5. The minimum Gasteiger partial charge on any atom is -0.482 e. The van der Waals surface area contributed by atoms with Crippen molar-refractivity contribution >= 4 is 17.1 Å². The number of halogens is 1. The molecule has 0 aliphatic carbocycles. The second-order valence-corrected chi connectivity index (χ2v) is 8.41. The van der Waals surface area contributed by atoms with Crippen LogP contribution in [0.5, 0.6) is 5.75 Å². The highest BCUT2D eigenvalue weighted by atomic mass is 35.5. The van der Waals surface area contributed by atoms with E-state index in [1.54, 1.807) is 15.4 Å². The first kappa shape index (κ1) is 20.0. The van der Waals surface area contributed by atoms with E-state index in [4.69, 9.17) is 16.3 Å². The summed E-state index contributed by atoms with van der Waals surface area (Å²) >= 11 is 6.43. The molecule has 1 atom stereocenters. The van der Waals surface area contributed by atoms with E-state index in [9.17, 15) is 0 Å². The Morgan fingerprint density at radius 2 is 2.10 bits per heavy atom. The summed E-state index contributed by atoms with van der Waals surface area (Å²) < 4.78 is 11.9. The smallest absolute Gasteiger partial charge is 0.148 e. The van der Waals surface area contributed by atoms with Crippen LogP contribution in [0.3, 0.4) is 0 Å². The second-order valence-electron chi connectivity index (χ2n) is 8.00. The van der Waals surface area contributed by atoms with Crippen LogP contribution in [0.15, 0.2) is 30.7 Å². The van der Waals surface area contributed by atoms with Crippen LogP contribution in [0.25, 0.3) is 16.8 Å². The van der Waals surface area contributed by atoms with Crippen LogP contribution in [0.4, 0.5) is 0 Å². The molecule has 162 valence electrons. The molecule has 0 aromatic carbocycles. The fourth-order valence-corrected chi connectivity index (χ4v) is 4.40. The summed E-state index contributed by atoms with van der Waals surface area (Å²) in [6.45, 7) is 6.03. The predicted octanol–water partition coefficient (Wildman–Crippen LogP) is 3.35. The monoisotopic (exact) mass is 440 g/mol. The molecule has 0 amide bonds. The Hall–Kier alpha value is -2.91. The van der Waals surface area contributed by atoms with Crippen LogP contribution < -0.4 is 10.1 Å². The fraction of sp³-hybridized carbons (Fsp3) is 0.429. The van der Waals surface area contributed by atoms with Gasteiger partial charge < -0.3 is 10.1 Å². The van der Waals surface area contributed by atoms with E-state index >= 15 is 0 Å². The molecule has 0 unspecified atom stereocenters. The summed E-state index contributed by atoms with van der Waals surface area (Å²) in [5, 5.41) is 21.8. The average molecular weight is 441 g/mol. The maximum atomic E-state index is 6.43. The van der Waals surface area contributed by atoms with E-state index in [1.807, 2.05) is 43.2 Å². The Balaban J connectivity index is 1.54. The Kier molecular flexibility index (Phi) is 5.15. The van der Waals surface area contributed by atoms with Gasteiger partial charge in [-0.2, -0.15) is 10.2 Å². The van der Waals surface area contributed by atoms with Crippen molar-refractivity contribution in [1.82, 2.24) is 39.7 Å². The van der Waals surface area contributed by atoms with E-state index < -0.39 is 0 Å². The highest BCUT2D eigenvalue weighted by Crippen LogP contribution is 2.35. The number of piperidine rings is 1. The first-order valence-electron chi connectivity index (χ1n) is 10.5. The molecule has 4 aromatic rings. The largest absolute Gasteiger partial charge is 0.482 e. The number of fused-ring (bicyclic) bond motifs is 1.